The molecule has 10 heteroatoms. The van der Waals surface area contributed by atoms with Crippen LogP contribution in [-0.2, 0) is 24.2 Å². The summed E-state index contributed by atoms with van der Waals surface area (Å²) < 4.78 is 7.48. The Hall–Kier alpha value is -1.43. The van der Waals surface area contributed by atoms with E-state index in [4.69, 9.17) is 21.3 Å². The second kappa shape index (κ2) is 14.6. The van der Waals surface area contributed by atoms with Crippen molar-refractivity contribution in [1.29, 1.82) is 0 Å². The molecule has 0 aliphatic carbocycles. The average Bonchev–Trinajstić information content (AvgIpc) is 3.23. The number of aromatic nitrogens is 3. The topological polar surface area (TPSA) is 79.6 Å². The predicted molar refractivity (Wildman–Crippen MR) is 135 cm³/mol. The van der Waals surface area contributed by atoms with Crippen molar-refractivity contribution in [2.24, 2.45) is 4.99 Å². The summed E-state index contributed by atoms with van der Waals surface area (Å²) in [6, 6.07) is 7.82. The molecule has 1 aliphatic heterocycles. The maximum atomic E-state index is 6.10. The molecular weight excluding hydrogens is 529 g/mol. The minimum absolute atomic E-state index is 0. The summed E-state index contributed by atoms with van der Waals surface area (Å²) >= 11 is 6.10. The molecule has 3 rings (SSSR count). The van der Waals surface area contributed by atoms with Gasteiger partial charge in [-0.2, -0.15) is 0 Å². The number of aliphatic imine (C=N–C) groups is 1. The van der Waals surface area contributed by atoms with Crippen LogP contribution in [0, 0.1) is 0 Å². The number of nitrogens with one attached hydrogen (secondary N) is 2. The Morgan fingerprint density at radius 2 is 2.00 bits per heavy atom. The van der Waals surface area contributed by atoms with Gasteiger partial charge in [-0.05, 0) is 30.7 Å². The van der Waals surface area contributed by atoms with E-state index in [1.165, 1.54) is 0 Å². The van der Waals surface area contributed by atoms with Crippen LogP contribution in [0.3, 0.4) is 0 Å². The zero-order chi connectivity index (χ0) is 21.0. The molecule has 1 aromatic heterocycles. The van der Waals surface area contributed by atoms with Gasteiger partial charge in [0.05, 0.1) is 19.8 Å². The van der Waals surface area contributed by atoms with Crippen molar-refractivity contribution in [3.05, 3.63) is 47.0 Å². The van der Waals surface area contributed by atoms with Crippen LogP contribution in [0.15, 0.2) is 35.6 Å². The lowest BCUT2D eigenvalue weighted by Crippen LogP contribution is -2.41. The smallest absolute Gasteiger partial charge is 0.191 e. The number of benzene rings is 1. The fraction of sp³-hybridized carbons (Fsp3) is 0.571. The molecule has 172 valence electrons. The van der Waals surface area contributed by atoms with Crippen LogP contribution in [0.25, 0.3) is 0 Å². The van der Waals surface area contributed by atoms with E-state index >= 15 is 0 Å². The van der Waals surface area contributed by atoms with Gasteiger partial charge >= 0.3 is 0 Å². The highest BCUT2D eigenvalue weighted by Crippen LogP contribution is 2.11. The van der Waals surface area contributed by atoms with Crippen molar-refractivity contribution in [3.63, 3.8) is 0 Å². The number of hydrogen-bond acceptors (Lipinski definition) is 5. The number of nitrogens with zero attached hydrogens (tertiary/aromatic N) is 5. The number of ether oxygens (including phenoxy) is 1. The lowest BCUT2D eigenvalue weighted by Gasteiger charge is -2.26. The number of morpholine rings is 1. The summed E-state index contributed by atoms with van der Waals surface area (Å²) in [5.74, 6) is 1.80. The minimum Gasteiger partial charge on any atom is -0.379 e. The summed E-state index contributed by atoms with van der Waals surface area (Å²) in [5, 5.41) is 15.7. The normalized spacial score (nSPS) is 14.8. The molecule has 0 bridgehead atoms. The molecule has 0 radical (unpaired) electrons. The first kappa shape index (κ1) is 25.8. The van der Waals surface area contributed by atoms with Crippen molar-refractivity contribution in [1.82, 2.24) is 30.3 Å². The zero-order valence-electron chi connectivity index (χ0n) is 18.1. The van der Waals surface area contributed by atoms with E-state index in [0.717, 1.165) is 87.7 Å². The molecule has 2 aromatic rings. The van der Waals surface area contributed by atoms with Crippen LogP contribution < -0.4 is 10.6 Å². The van der Waals surface area contributed by atoms with Crippen molar-refractivity contribution >= 4 is 41.5 Å². The highest BCUT2D eigenvalue weighted by atomic mass is 127. The predicted octanol–water partition coefficient (Wildman–Crippen LogP) is 2.57. The van der Waals surface area contributed by atoms with E-state index in [0.29, 0.717) is 6.54 Å². The first-order valence-corrected chi connectivity index (χ1v) is 11.1. The first-order valence-electron chi connectivity index (χ1n) is 10.7. The highest BCUT2D eigenvalue weighted by molar-refractivity contribution is 14.0. The molecule has 1 fully saturated rings. The van der Waals surface area contributed by atoms with Gasteiger partial charge < -0.3 is 19.9 Å². The molecule has 31 heavy (non-hydrogen) atoms. The van der Waals surface area contributed by atoms with E-state index in [1.807, 2.05) is 24.3 Å². The average molecular weight is 562 g/mol. The van der Waals surface area contributed by atoms with Gasteiger partial charge in [-0.3, -0.25) is 4.90 Å². The third-order valence-electron chi connectivity index (χ3n) is 5.01. The lowest BCUT2D eigenvalue weighted by atomic mass is 10.2. The van der Waals surface area contributed by atoms with Crippen LogP contribution in [0.1, 0.15) is 24.7 Å². The molecule has 8 nitrogen and oxygen atoms in total. The van der Waals surface area contributed by atoms with Crippen LogP contribution >= 0.6 is 35.6 Å². The summed E-state index contributed by atoms with van der Waals surface area (Å²) in [6.45, 7) is 9.85. The molecule has 0 spiro atoms. The zero-order valence-corrected chi connectivity index (χ0v) is 21.2. The Balaban J connectivity index is 0.00000341. The maximum Gasteiger partial charge on any atom is 0.191 e. The monoisotopic (exact) mass is 561 g/mol. The lowest BCUT2D eigenvalue weighted by molar-refractivity contribution is 0.0376. The Morgan fingerprint density at radius 1 is 1.19 bits per heavy atom. The van der Waals surface area contributed by atoms with E-state index in [9.17, 15) is 0 Å². The second-order valence-corrected chi connectivity index (χ2v) is 7.69. The van der Waals surface area contributed by atoms with E-state index < -0.39 is 0 Å². The quantitative estimate of drug-likeness (QED) is 0.201. The molecule has 1 aromatic carbocycles. The SMILES string of the molecule is CCc1nncn1CCNC(=NCc1cccc(Cl)c1)NCCCN1CCOCC1.I. The van der Waals surface area contributed by atoms with Crippen molar-refractivity contribution in [3.8, 4) is 0 Å². The van der Waals surface area contributed by atoms with Gasteiger partial charge in [0.1, 0.15) is 12.2 Å². The molecule has 0 saturated carbocycles. The summed E-state index contributed by atoms with van der Waals surface area (Å²) in [4.78, 5) is 7.19. The third kappa shape index (κ3) is 9.30. The number of halogens is 2. The number of guanidine groups is 1. The van der Waals surface area contributed by atoms with Crippen LogP contribution in [0.5, 0.6) is 0 Å². The highest BCUT2D eigenvalue weighted by Gasteiger charge is 2.09. The molecular formula is C21H33ClIN7O. The second-order valence-electron chi connectivity index (χ2n) is 7.25. The van der Waals surface area contributed by atoms with Crippen molar-refractivity contribution in [2.75, 3.05) is 45.9 Å². The maximum absolute atomic E-state index is 6.10. The summed E-state index contributed by atoms with van der Waals surface area (Å²) in [5.41, 5.74) is 1.09. The molecule has 2 N–H and O–H groups in total. The largest absolute Gasteiger partial charge is 0.379 e. The number of hydrogen-bond donors (Lipinski definition) is 2. The van der Waals surface area contributed by atoms with Gasteiger partial charge in [0, 0.05) is 44.2 Å². The van der Waals surface area contributed by atoms with Gasteiger partial charge in [0.15, 0.2) is 5.96 Å². The molecule has 2 heterocycles. The molecule has 0 unspecified atom stereocenters. The number of aryl methyl sites for hydroxylation is 1. The Morgan fingerprint density at radius 3 is 2.77 bits per heavy atom. The molecule has 0 amide bonds. The van der Waals surface area contributed by atoms with Gasteiger partial charge in [-0.25, -0.2) is 4.99 Å². The fourth-order valence-corrected chi connectivity index (χ4v) is 3.56. The summed E-state index contributed by atoms with van der Waals surface area (Å²) in [6.07, 6.45) is 3.71. The first-order chi connectivity index (χ1) is 14.7. The molecule has 0 atom stereocenters. The third-order valence-corrected chi connectivity index (χ3v) is 5.25. The van der Waals surface area contributed by atoms with Crippen LogP contribution in [0.4, 0.5) is 0 Å². The minimum atomic E-state index is 0. The van der Waals surface area contributed by atoms with Crippen LogP contribution in [-0.4, -0.2) is 71.6 Å². The van der Waals surface area contributed by atoms with Crippen molar-refractivity contribution < 1.29 is 4.74 Å². The van der Waals surface area contributed by atoms with Crippen molar-refractivity contribution in [2.45, 2.75) is 32.9 Å². The Bertz CT molecular complexity index is 796. The standard InChI is InChI=1S/C21H32ClN7O.HI/c1-2-20-27-26-17-29(20)10-8-24-21(25-16-18-5-3-6-19(22)15-18)23-7-4-9-28-11-13-30-14-12-28;/h3,5-6,15,17H,2,4,7-14,16H2,1H3,(H2,23,24,25);1H. The van der Waals surface area contributed by atoms with E-state index in [2.05, 4.69) is 37.2 Å². The van der Waals surface area contributed by atoms with E-state index in [-0.39, 0.29) is 24.0 Å². The summed E-state index contributed by atoms with van der Waals surface area (Å²) in [7, 11) is 0. The van der Waals surface area contributed by atoms with Gasteiger partial charge in [0.2, 0.25) is 0 Å². The molecule has 1 saturated heterocycles. The molecule has 1 aliphatic rings. The van der Waals surface area contributed by atoms with Crippen LogP contribution in [0.2, 0.25) is 5.02 Å². The van der Waals surface area contributed by atoms with Gasteiger partial charge in [-0.15, -0.1) is 34.2 Å². The fourth-order valence-electron chi connectivity index (χ4n) is 3.35. The van der Waals surface area contributed by atoms with Gasteiger partial charge in [-0.1, -0.05) is 30.7 Å². The Kier molecular flexibility index (Phi) is 12.2. The number of rotatable bonds is 10. The Labute approximate surface area is 206 Å². The van der Waals surface area contributed by atoms with Gasteiger partial charge in [0.25, 0.3) is 0 Å². The van der Waals surface area contributed by atoms with E-state index in [1.54, 1.807) is 6.33 Å².